The zero-order valence-corrected chi connectivity index (χ0v) is 15.5. The molecule has 4 rings (SSSR count). The SMILES string of the molecule is O=C(CSc1nc2ccccc2cc1Cc1ccccc1)N1CCCC1. The van der Waals surface area contributed by atoms with Crippen LogP contribution in [0, 0.1) is 0 Å². The number of para-hydroxylation sites is 1. The molecule has 1 amide bonds. The lowest BCUT2D eigenvalue weighted by Crippen LogP contribution is -2.29. The van der Waals surface area contributed by atoms with Gasteiger partial charge in [0.05, 0.1) is 11.3 Å². The van der Waals surface area contributed by atoms with Crippen LogP contribution in [0.5, 0.6) is 0 Å². The van der Waals surface area contributed by atoms with E-state index in [1.54, 1.807) is 11.8 Å². The van der Waals surface area contributed by atoms with Crippen LogP contribution in [0.15, 0.2) is 65.7 Å². The molecule has 1 aliphatic rings. The third-order valence-electron chi connectivity index (χ3n) is 4.79. The van der Waals surface area contributed by atoms with Gasteiger partial charge >= 0.3 is 0 Å². The van der Waals surface area contributed by atoms with E-state index in [9.17, 15) is 4.79 Å². The van der Waals surface area contributed by atoms with Gasteiger partial charge in [-0.2, -0.15) is 0 Å². The number of aromatic nitrogens is 1. The van der Waals surface area contributed by atoms with Crippen molar-refractivity contribution < 1.29 is 4.79 Å². The summed E-state index contributed by atoms with van der Waals surface area (Å²) < 4.78 is 0. The minimum atomic E-state index is 0.230. The molecule has 26 heavy (non-hydrogen) atoms. The highest BCUT2D eigenvalue weighted by molar-refractivity contribution is 7.99. The molecule has 1 aliphatic heterocycles. The Morgan fingerprint density at radius 2 is 1.73 bits per heavy atom. The molecule has 0 N–H and O–H groups in total. The lowest BCUT2D eigenvalue weighted by Gasteiger charge is -2.15. The minimum absolute atomic E-state index is 0.230. The van der Waals surface area contributed by atoms with Gasteiger partial charge in [0.15, 0.2) is 0 Å². The van der Waals surface area contributed by atoms with Crippen LogP contribution in [0.2, 0.25) is 0 Å². The van der Waals surface area contributed by atoms with E-state index in [1.807, 2.05) is 29.2 Å². The number of benzene rings is 2. The van der Waals surface area contributed by atoms with E-state index in [0.29, 0.717) is 5.75 Å². The quantitative estimate of drug-likeness (QED) is 0.625. The molecule has 1 fully saturated rings. The van der Waals surface area contributed by atoms with Crippen molar-refractivity contribution in [3.63, 3.8) is 0 Å². The Labute approximate surface area is 158 Å². The summed E-state index contributed by atoms with van der Waals surface area (Å²) >= 11 is 1.57. The second-order valence-corrected chi connectivity index (χ2v) is 7.65. The molecule has 0 unspecified atom stereocenters. The van der Waals surface area contributed by atoms with Crippen molar-refractivity contribution in [3.05, 3.63) is 71.8 Å². The minimum Gasteiger partial charge on any atom is -0.342 e. The van der Waals surface area contributed by atoms with Crippen molar-refractivity contribution in [1.29, 1.82) is 0 Å². The number of pyridine rings is 1. The van der Waals surface area contributed by atoms with Gasteiger partial charge in [0.1, 0.15) is 5.03 Å². The van der Waals surface area contributed by atoms with Crippen LogP contribution in [-0.2, 0) is 11.2 Å². The molecule has 4 heteroatoms. The number of nitrogens with zero attached hydrogens (tertiary/aromatic N) is 2. The Kier molecular flexibility index (Phi) is 5.21. The maximum Gasteiger partial charge on any atom is 0.232 e. The largest absolute Gasteiger partial charge is 0.342 e. The lowest BCUT2D eigenvalue weighted by molar-refractivity contribution is -0.127. The molecular weight excluding hydrogens is 340 g/mol. The first-order valence-corrected chi connectivity index (χ1v) is 10.1. The van der Waals surface area contributed by atoms with E-state index in [4.69, 9.17) is 4.98 Å². The summed E-state index contributed by atoms with van der Waals surface area (Å²) in [6.07, 6.45) is 3.09. The van der Waals surface area contributed by atoms with Gasteiger partial charge in [0, 0.05) is 24.9 Å². The van der Waals surface area contributed by atoms with Crippen LogP contribution in [0.1, 0.15) is 24.0 Å². The van der Waals surface area contributed by atoms with Crippen molar-refractivity contribution in [1.82, 2.24) is 9.88 Å². The molecule has 2 aromatic carbocycles. The lowest BCUT2D eigenvalue weighted by atomic mass is 10.0. The maximum atomic E-state index is 12.4. The number of carbonyl (C=O) groups is 1. The van der Waals surface area contributed by atoms with Gasteiger partial charge in [0.25, 0.3) is 0 Å². The topological polar surface area (TPSA) is 33.2 Å². The third kappa shape index (κ3) is 3.91. The normalized spacial score (nSPS) is 14.1. The van der Waals surface area contributed by atoms with Gasteiger partial charge in [0.2, 0.25) is 5.91 Å². The number of likely N-dealkylation sites (tertiary alicyclic amines) is 1. The molecular formula is C22H22N2OS. The Bertz CT molecular complexity index is 904. The number of hydrogen-bond acceptors (Lipinski definition) is 3. The number of thioether (sulfide) groups is 1. The molecule has 1 aromatic heterocycles. The van der Waals surface area contributed by atoms with Crippen LogP contribution < -0.4 is 0 Å². The molecule has 0 aliphatic carbocycles. The summed E-state index contributed by atoms with van der Waals surface area (Å²) in [6, 6.07) is 20.8. The van der Waals surface area contributed by atoms with Gasteiger partial charge in [-0.25, -0.2) is 4.98 Å². The van der Waals surface area contributed by atoms with Crippen molar-refractivity contribution in [2.75, 3.05) is 18.8 Å². The zero-order chi connectivity index (χ0) is 17.8. The third-order valence-corrected chi connectivity index (χ3v) is 5.81. The highest BCUT2D eigenvalue weighted by Crippen LogP contribution is 2.27. The fourth-order valence-electron chi connectivity index (χ4n) is 3.40. The van der Waals surface area contributed by atoms with Crippen molar-refractivity contribution in [3.8, 4) is 0 Å². The fourth-order valence-corrected chi connectivity index (χ4v) is 4.32. The van der Waals surface area contributed by atoms with Crippen molar-refractivity contribution in [2.24, 2.45) is 0 Å². The van der Waals surface area contributed by atoms with Crippen molar-refractivity contribution >= 4 is 28.6 Å². The van der Waals surface area contributed by atoms with Gasteiger partial charge < -0.3 is 4.90 Å². The molecule has 2 heterocycles. The average molecular weight is 362 g/mol. The maximum absolute atomic E-state index is 12.4. The van der Waals surface area contributed by atoms with Gasteiger partial charge in [-0.1, -0.05) is 60.3 Å². The van der Waals surface area contributed by atoms with Crippen LogP contribution in [0.25, 0.3) is 10.9 Å². The summed E-state index contributed by atoms with van der Waals surface area (Å²) in [4.78, 5) is 19.3. The molecule has 132 valence electrons. The Morgan fingerprint density at radius 3 is 2.54 bits per heavy atom. The zero-order valence-electron chi connectivity index (χ0n) is 14.7. The summed E-state index contributed by atoms with van der Waals surface area (Å²) in [5, 5.41) is 2.12. The molecule has 0 atom stereocenters. The second-order valence-electron chi connectivity index (χ2n) is 6.68. The van der Waals surface area contributed by atoms with Gasteiger partial charge in [-0.15, -0.1) is 0 Å². The predicted octanol–water partition coefficient (Wildman–Crippen LogP) is 4.54. The predicted molar refractivity (Wildman–Crippen MR) is 108 cm³/mol. The smallest absolute Gasteiger partial charge is 0.232 e. The first-order chi connectivity index (χ1) is 12.8. The summed E-state index contributed by atoms with van der Waals surface area (Å²) in [6.45, 7) is 1.81. The fraction of sp³-hybridized carbons (Fsp3) is 0.273. The Balaban J connectivity index is 1.60. The Hall–Kier alpha value is -2.33. The van der Waals surface area contributed by atoms with Crippen LogP contribution in [0.3, 0.4) is 0 Å². The van der Waals surface area contributed by atoms with E-state index in [0.717, 1.165) is 48.3 Å². The van der Waals surface area contributed by atoms with Crippen LogP contribution >= 0.6 is 11.8 Å². The molecule has 1 saturated heterocycles. The summed E-state index contributed by atoms with van der Waals surface area (Å²) in [5.41, 5.74) is 3.44. The average Bonchev–Trinajstić information content (AvgIpc) is 3.22. The second kappa shape index (κ2) is 7.92. The standard InChI is InChI=1S/C22H22N2OS/c25-21(24-12-6-7-13-24)16-26-22-19(14-17-8-2-1-3-9-17)15-18-10-4-5-11-20(18)23-22/h1-5,8-11,15H,6-7,12-14,16H2. The molecule has 3 nitrogen and oxygen atoms in total. The monoisotopic (exact) mass is 362 g/mol. The van der Waals surface area contributed by atoms with E-state index >= 15 is 0 Å². The molecule has 0 saturated carbocycles. The summed E-state index contributed by atoms with van der Waals surface area (Å²) in [7, 11) is 0. The number of hydrogen-bond donors (Lipinski definition) is 0. The van der Waals surface area contributed by atoms with E-state index in [2.05, 4.69) is 36.4 Å². The van der Waals surface area contributed by atoms with E-state index in [1.165, 1.54) is 11.1 Å². The van der Waals surface area contributed by atoms with Gasteiger partial charge in [-0.3, -0.25) is 4.79 Å². The van der Waals surface area contributed by atoms with Gasteiger partial charge in [-0.05, 0) is 36.1 Å². The molecule has 0 spiro atoms. The molecule has 0 bridgehead atoms. The highest BCUT2D eigenvalue weighted by atomic mass is 32.2. The van der Waals surface area contributed by atoms with E-state index < -0.39 is 0 Å². The number of carbonyl (C=O) groups excluding carboxylic acids is 1. The van der Waals surface area contributed by atoms with Crippen LogP contribution in [0.4, 0.5) is 0 Å². The first kappa shape index (κ1) is 17.1. The molecule has 3 aromatic rings. The number of fused-ring (bicyclic) bond motifs is 1. The highest BCUT2D eigenvalue weighted by Gasteiger charge is 2.19. The Morgan fingerprint density at radius 1 is 1.00 bits per heavy atom. The first-order valence-electron chi connectivity index (χ1n) is 9.13. The number of amides is 1. The van der Waals surface area contributed by atoms with E-state index in [-0.39, 0.29) is 5.91 Å². The van der Waals surface area contributed by atoms with Crippen molar-refractivity contribution in [2.45, 2.75) is 24.3 Å². The molecule has 0 radical (unpaired) electrons. The number of rotatable bonds is 5. The summed E-state index contributed by atoms with van der Waals surface area (Å²) in [5.74, 6) is 0.695. The van der Waals surface area contributed by atoms with Crippen LogP contribution in [-0.4, -0.2) is 34.6 Å².